The number of nitrogens with one attached hydrogen (secondary N) is 1. The summed E-state index contributed by atoms with van der Waals surface area (Å²) >= 11 is 0. The van der Waals surface area contributed by atoms with Crippen LogP contribution >= 0.6 is 0 Å². The minimum Gasteiger partial charge on any atom is -0.387 e. The first-order chi connectivity index (χ1) is 15.3. The molecule has 1 N–H and O–H groups in total. The molecule has 1 aromatic heterocycles. The summed E-state index contributed by atoms with van der Waals surface area (Å²) in [5.41, 5.74) is 6.20. The first-order valence-electron chi connectivity index (χ1n) is 11.8. The van der Waals surface area contributed by atoms with Crippen molar-refractivity contribution >= 4 is 11.3 Å². The van der Waals surface area contributed by atoms with E-state index in [1.807, 2.05) is 12.4 Å². The van der Waals surface area contributed by atoms with Crippen molar-refractivity contribution in [2.75, 3.05) is 45.2 Å². The Kier molecular flexibility index (Phi) is 6.66. The Morgan fingerprint density at radius 2 is 1.94 bits per heavy atom. The van der Waals surface area contributed by atoms with Crippen LogP contribution in [0.5, 0.6) is 0 Å². The molecule has 0 unspecified atom stereocenters. The van der Waals surface area contributed by atoms with Gasteiger partial charge in [-0.25, -0.2) is 9.97 Å². The number of rotatable bonds is 5. The van der Waals surface area contributed by atoms with Crippen LogP contribution in [0.1, 0.15) is 51.0 Å². The second-order valence-corrected chi connectivity index (χ2v) is 10.4. The molecule has 5 heteroatoms. The van der Waals surface area contributed by atoms with E-state index < -0.39 is 0 Å². The zero-order chi connectivity index (χ0) is 22.7. The van der Waals surface area contributed by atoms with Gasteiger partial charge in [0.15, 0.2) is 5.82 Å². The summed E-state index contributed by atoms with van der Waals surface area (Å²) in [7, 11) is 4.17. The zero-order valence-corrected chi connectivity index (χ0v) is 20.2. The zero-order valence-electron chi connectivity index (χ0n) is 20.2. The van der Waals surface area contributed by atoms with Crippen molar-refractivity contribution in [3.8, 4) is 11.1 Å². The van der Waals surface area contributed by atoms with Gasteiger partial charge in [0.2, 0.25) is 0 Å². The molecule has 170 valence electrons. The number of hydrogen-bond acceptors (Lipinski definition) is 5. The molecule has 0 radical (unpaired) electrons. The molecule has 3 heterocycles. The van der Waals surface area contributed by atoms with Gasteiger partial charge >= 0.3 is 0 Å². The van der Waals surface area contributed by atoms with Crippen LogP contribution in [0, 0.1) is 5.41 Å². The smallest absolute Gasteiger partial charge is 0.159 e. The number of nitrogens with zero attached hydrogens (tertiary/aromatic N) is 4. The minimum absolute atomic E-state index is 0.334. The van der Waals surface area contributed by atoms with Crippen molar-refractivity contribution < 1.29 is 0 Å². The fraction of sp³-hybridized carbons (Fsp3) is 0.481. The summed E-state index contributed by atoms with van der Waals surface area (Å²) in [6, 6.07) is 8.72. The van der Waals surface area contributed by atoms with Crippen molar-refractivity contribution in [1.29, 1.82) is 0 Å². The summed E-state index contributed by atoms with van der Waals surface area (Å²) < 4.78 is 0. The average Bonchev–Trinajstić information content (AvgIpc) is 2.79. The highest BCUT2D eigenvalue weighted by atomic mass is 15.1. The molecule has 0 saturated carbocycles. The van der Waals surface area contributed by atoms with Crippen LogP contribution in [0.15, 0.2) is 48.8 Å². The summed E-state index contributed by atoms with van der Waals surface area (Å²) in [6.45, 7) is 11.2. The first kappa shape index (κ1) is 22.5. The third-order valence-electron chi connectivity index (χ3n) is 6.24. The molecule has 0 aliphatic carbocycles. The predicted molar refractivity (Wildman–Crippen MR) is 135 cm³/mol. The van der Waals surface area contributed by atoms with Crippen molar-refractivity contribution in [2.45, 2.75) is 39.5 Å². The van der Waals surface area contributed by atoms with E-state index in [0.717, 1.165) is 50.4 Å². The Morgan fingerprint density at radius 3 is 2.59 bits per heavy atom. The molecule has 2 aliphatic rings. The lowest BCUT2D eigenvalue weighted by Gasteiger charge is -2.36. The van der Waals surface area contributed by atoms with Crippen molar-refractivity contribution in [2.24, 2.45) is 5.41 Å². The molecular formula is C27H37N5. The monoisotopic (exact) mass is 431 g/mol. The molecule has 1 aromatic carbocycles. The number of piperidine rings is 1. The number of benzene rings is 1. The van der Waals surface area contributed by atoms with Crippen LogP contribution < -0.4 is 10.2 Å². The van der Waals surface area contributed by atoms with Crippen LogP contribution in [0.25, 0.3) is 16.7 Å². The predicted octanol–water partition coefficient (Wildman–Crippen LogP) is 4.94. The molecular weight excluding hydrogens is 394 g/mol. The first-order valence-corrected chi connectivity index (χ1v) is 11.8. The standard InChI is InChI=1S/C27H37N5/c1-27(2,3)19-32-15-11-20(12-16-32)25-24(22-7-6-8-23(17-22)31(4)5)18-29-26(30-25)21-9-13-28-14-10-21/h6-10,13,17-18,20,28H,11-12,14-16,19H2,1-5H3. The van der Waals surface area contributed by atoms with Crippen LogP contribution in [0.3, 0.4) is 0 Å². The molecule has 0 atom stereocenters. The van der Waals surface area contributed by atoms with Gasteiger partial charge in [0.1, 0.15) is 0 Å². The lowest BCUT2D eigenvalue weighted by atomic mass is 9.87. The normalized spacial score (nSPS) is 17.7. The highest BCUT2D eigenvalue weighted by Crippen LogP contribution is 2.36. The van der Waals surface area contributed by atoms with E-state index in [1.165, 1.54) is 22.5 Å². The number of likely N-dealkylation sites (tertiary alicyclic amines) is 1. The van der Waals surface area contributed by atoms with Gasteiger partial charge in [0.25, 0.3) is 0 Å². The summed E-state index contributed by atoms with van der Waals surface area (Å²) in [5, 5.41) is 3.22. The average molecular weight is 432 g/mol. The van der Waals surface area contributed by atoms with E-state index in [1.54, 1.807) is 0 Å². The lowest BCUT2D eigenvalue weighted by Crippen LogP contribution is -2.38. The largest absolute Gasteiger partial charge is 0.387 e. The van der Waals surface area contributed by atoms with Gasteiger partial charge in [-0.05, 0) is 61.3 Å². The van der Waals surface area contributed by atoms with E-state index in [2.05, 4.69) is 86.4 Å². The highest BCUT2D eigenvalue weighted by molar-refractivity contribution is 5.74. The van der Waals surface area contributed by atoms with Gasteiger partial charge in [-0.2, -0.15) is 0 Å². The molecule has 4 rings (SSSR count). The summed E-state index contributed by atoms with van der Waals surface area (Å²) in [4.78, 5) is 14.7. The molecule has 5 nitrogen and oxygen atoms in total. The quantitative estimate of drug-likeness (QED) is 0.727. The Morgan fingerprint density at radius 1 is 1.16 bits per heavy atom. The molecule has 1 saturated heterocycles. The van der Waals surface area contributed by atoms with E-state index in [4.69, 9.17) is 9.97 Å². The van der Waals surface area contributed by atoms with E-state index in [0.29, 0.717) is 11.3 Å². The van der Waals surface area contributed by atoms with Gasteiger partial charge < -0.3 is 15.1 Å². The van der Waals surface area contributed by atoms with Crippen LogP contribution in [-0.2, 0) is 0 Å². The maximum atomic E-state index is 5.18. The maximum absolute atomic E-state index is 5.18. The highest BCUT2D eigenvalue weighted by Gasteiger charge is 2.27. The van der Waals surface area contributed by atoms with Gasteiger partial charge in [-0.1, -0.05) is 39.0 Å². The van der Waals surface area contributed by atoms with Crippen LogP contribution in [0.4, 0.5) is 5.69 Å². The Bertz CT molecular complexity index is 991. The molecule has 2 aliphatic heterocycles. The molecule has 32 heavy (non-hydrogen) atoms. The van der Waals surface area contributed by atoms with E-state index >= 15 is 0 Å². The van der Waals surface area contributed by atoms with Crippen molar-refractivity contribution in [3.63, 3.8) is 0 Å². The van der Waals surface area contributed by atoms with E-state index in [9.17, 15) is 0 Å². The maximum Gasteiger partial charge on any atom is 0.159 e. The summed E-state index contributed by atoms with van der Waals surface area (Å²) in [5.74, 6) is 1.29. The third-order valence-corrected chi connectivity index (χ3v) is 6.24. The van der Waals surface area contributed by atoms with Crippen LogP contribution in [0.2, 0.25) is 0 Å². The second-order valence-electron chi connectivity index (χ2n) is 10.4. The van der Waals surface area contributed by atoms with Crippen molar-refractivity contribution in [1.82, 2.24) is 20.2 Å². The van der Waals surface area contributed by atoms with Crippen LogP contribution in [-0.4, -0.2) is 55.1 Å². The minimum atomic E-state index is 0.334. The second kappa shape index (κ2) is 9.45. The topological polar surface area (TPSA) is 44.3 Å². The third kappa shape index (κ3) is 5.39. The SMILES string of the molecule is CN(C)c1cccc(-c2cnc(C3=CCNC=C3)nc2C2CCN(CC(C)(C)C)CC2)c1. The molecule has 0 spiro atoms. The fourth-order valence-electron chi connectivity index (χ4n) is 4.67. The van der Waals surface area contributed by atoms with E-state index in [-0.39, 0.29) is 0 Å². The molecule has 0 amide bonds. The number of aromatic nitrogens is 2. The fourth-order valence-corrected chi connectivity index (χ4v) is 4.67. The Labute approximate surface area is 193 Å². The number of dihydropyridines is 1. The van der Waals surface area contributed by atoms with Gasteiger partial charge in [-0.3, -0.25) is 0 Å². The van der Waals surface area contributed by atoms with Gasteiger partial charge in [0.05, 0.1) is 5.69 Å². The van der Waals surface area contributed by atoms with Gasteiger partial charge in [0, 0.05) is 56.1 Å². The molecule has 1 fully saturated rings. The Balaban J connectivity index is 1.67. The summed E-state index contributed by atoms with van der Waals surface area (Å²) in [6.07, 6.45) is 10.5. The van der Waals surface area contributed by atoms with Crippen molar-refractivity contribution in [3.05, 3.63) is 60.3 Å². The Hall–Kier alpha value is -2.66. The number of anilines is 1. The van der Waals surface area contributed by atoms with Gasteiger partial charge in [-0.15, -0.1) is 0 Å². The number of hydrogen-bond donors (Lipinski definition) is 1. The molecule has 2 aromatic rings. The lowest BCUT2D eigenvalue weighted by molar-refractivity contribution is 0.153. The molecule has 0 bridgehead atoms. The number of allylic oxidation sites excluding steroid dienone is 2.